The molecule has 1 N–H and O–H groups in total. The number of thiazole rings is 1. The number of hydrogen-bond acceptors (Lipinski definition) is 4. The van der Waals surface area contributed by atoms with Crippen molar-refractivity contribution in [1.29, 1.82) is 0 Å². The summed E-state index contributed by atoms with van der Waals surface area (Å²) in [6.45, 7) is 10.3. The van der Waals surface area contributed by atoms with Gasteiger partial charge in [-0.2, -0.15) is 0 Å². The fourth-order valence-electron chi connectivity index (χ4n) is 1.90. The molecule has 4 heteroatoms. The Morgan fingerprint density at radius 3 is 2.44 bits per heavy atom. The highest BCUT2D eigenvalue weighted by Gasteiger charge is 2.16. The molecule has 0 aliphatic rings. The minimum Gasteiger partial charge on any atom is -0.378 e. The molecule has 0 saturated carbocycles. The third kappa shape index (κ3) is 4.34. The van der Waals surface area contributed by atoms with Crippen LogP contribution in [0, 0.1) is 0 Å². The standard InChI is InChI=1S/C14H26N2OS/c1-6-11(7-2)14-16-12(9-17-5)13(18-14)8-15-10(3)4/h10-11,15H,6-9H2,1-5H3. The van der Waals surface area contributed by atoms with Crippen LogP contribution in [0.15, 0.2) is 0 Å². The summed E-state index contributed by atoms with van der Waals surface area (Å²) in [5.41, 5.74) is 1.11. The fourth-order valence-corrected chi connectivity index (χ4v) is 3.19. The zero-order chi connectivity index (χ0) is 13.5. The molecule has 0 saturated heterocycles. The van der Waals surface area contributed by atoms with Crippen molar-refractivity contribution in [2.24, 2.45) is 0 Å². The van der Waals surface area contributed by atoms with Gasteiger partial charge in [-0.15, -0.1) is 11.3 Å². The lowest BCUT2D eigenvalue weighted by Gasteiger charge is -2.07. The van der Waals surface area contributed by atoms with Gasteiger partial charge in [0.25, 0.3) is 0 Å². The summed E-state index contributed by atoms with van der Waals surface area (Å²) in [6.07, 6.45) is 2.32. The van der Waals surface area contributed by atoms with Gasteiger partial charge in [0, 0.05) is 30.5 Å². The molecule has 1 aromatic heterocycles. The predicted molar refractivity (Wildman–Crippen MR) is 78.1 cm³/mol. The molecule has 0 unspecified atom stereocenters. The number of methoxy groups -OCH3 is 1. The molecule has 0 aromatic carbocycles. The van der Waals surface area contributed by atoms with Crippen molar-refractivity contribution in [3.63, 3.8) is 0 Å². The molecule has 0 bridgehead atoms. The van der Waals surface area contributed by atoms with E-state index >= 15 is 0 Å². The predicted octanol–water partition coefficient (Wildman–Crippen LogP) is 3.69. The van der Waals surface area contributed by atoms with Gasteiger partial charge >= 0.3 is 0 Å². The smallest absolute Gasteiger partial charge is 0.0963 e. The average Bonchev–Trinajstić information content (AvgIpc) is 2.72. The van der Waals surface area contributed by atoms with Crippen LogP contribution >= 0.6 is 11.3 Å². The average molecular weight is 270 g/mol. The van der Waals surface area contributed by atoms with Gasteiger partial charge in [-0.05, 0) is 12.8 Å². The van der Waals surface area contributed by atoms with E-state index in [0.29, 0.717) is 18.6 Å². The lowest BCUT2D eigenvalue weighted by molar-refractivity contribution is 0.181. The molecule has 0 amide bonds. The summed E-state index contributed by atoms with van der Waals surface area (Å²) in [5.74, 6) is 0.596. The minimum atomic E-state index is 0.499. The maximum atomic E-state index is 5.25. The third-order valence-corrected chi connectivity index (χ3v) is 4.34. The first-order valence-electron chi connectivity index (χ1n) is 6.83. The number of hydrogen-bond donors (Lipinski definition) is 1. The van der Waals surface area contributed by atoms with E-state index in [1.54, 1.807) is 7.11 Å². The van der Waals surface area contributed by atoms with Gasteiger partial charge in [0.05, 0.1) is 17.3 Å². The number of aromatic nitrogens is 1. The van der Waals surface area contributed by atoms with Crippen LogP contribution in [0.5, 0.6) is 0 Å². The molecular formula is C14H26N2OS. The molecule has 0 atom stereocenters. The van der Waals surface area contributed by atoms with Gasteiger partial charge in [0.1, 0.15) is 0 Å². The van der Waals surface area contributed by atoms with Crippen molar-refractivity contribution in [2.45, 2.75) is 65.6 Å². The van der Waals surface area contributed by atoms with Crippen LogP contribution < -0.4 is 5.32 Å². The van der Waals surface area contributed by atoms with E-state index in [1.807, 2.05) is 11.3 Å². The van der Waals surface area contributed by atoms with Crippen molar-refractivity contribution in [2.75, 3.05) is 7.11 Å². The highest BCUT2D eigenvalue weighted by Crippen LogP contribution is 2.30. The van der Waals surface area contributed by atoms with Crippen molar-refractivity contribution in [3.05, 3.63) is 15.6 Å². The van der Waals surface area contributed by atoms with Crippen molar-refractivity contribution in [3.8, 4) is 0 Å². The number of rotatable bonds is 8. The van der Waals surface area contributed by atoms with E-state index in [0.717, 1.165) is 25.1 Å². The second kappa shape index (κ2) is 7.87. The number of nitrogens with zero attached hydrogens (tertiary/aromatic N) is 1. The summed E-state index contributed by atoms with van der Waals surface area (Å²) < 4.78 is 5.25. The summed E-state index contributed by atoms with van der Waals surface area (Å²) in [7, 11) is 1.73. The molecule has 1 rings (SSSR count). The molecule has 104 valence electrons. The Morgan fingerprint density at radius 2 is 1.94 bits per heavy atom. The van der Waals surface area contributed by atoms with E-state index in [1.165, 1.54) is 9.88 Å². The first kappa shape index (κ1) is 15.6. The van der Waals surface area contributed by atoms with Crippen LogP contribution in [0.2, 0.25) is 0 Å². The second-order valence-corrected chi connectivity index (χ2v) is 6.02. The monoisotopic (exact) mass is 270 g/mol. The Hall–Kier alpha value is -0.450. The molecular weight excluding hydrogens is 244 g/mol. The van der Waals surface area contributed by atoms with Gasteiger partial charge in [-0.25, -0.2) is 4.98 Å². The van der Waals surface area contributed by atoms with Crippen molar-refractivity contribution < 1.29 is 4.74 Å². The van der Waals surface area contributed by atoms with E-state index in [-0.39, 0.29) is 0 Å². The number of nitrogens with one attached hydrogen (secondary N) is 1. The maximum absolute atomic E-state index is 5.25. The van der Waals surface area contributed by atoms with Gasteiger partial charge in [-0.3, -0.25) is 0 Å². The summed E-state index contributed by atoms with van der Waals surface area (Å²) in [5, 5.41) is 4.73. The zero-order valence-corrected chi connectivity index (χ0v) is 13.1. The van der Waals surface area contributed by atoms with E-state index in [9.17, 15) is 0 Å². The molecule has 3 nitrogen and oxygen atoms in total. The zero-order valence-electron chi connectivity index (χ0n) is 12.2. The fraction of sp³-hybridized carbons (Fsp3) is 0.786. The molecule has 0 aliphatic heterocycles. The van der Waals surface area contributed by atoms with E-state index in [4.69, 9.17) is 9.72 Å². The van der Waals surface area contributed by atoms with E-state index in [2.05, 4.69) is 33.0 Å². The second-order valence-electron chi connectivity index (χ2n) is 4.90. The van der Waals surface area contributed by atoms with Gasteiger partial charge in [0.15, 0.2) is 0 Å². The van der Waals surface area contributed by atoms with Crippen LogP contribution in [0.4, 0.5) is 0 Å². The summed E-state index contributed by atoms with van der Waals surface area (Å²) >= 11 is 1.85. The first-order valence-corrected chi connectivity index (χ1v) is 7.64. The summed E-state index contributed by atoms with van der Waals surface area (Å²) in [4.78, 5) is 6.10. The van der Waals surface area contributed by atoms with Crippen molar-refractivity contribution >= 4 is 11.3 Å². The van der Waals surface area contributed by atoms with Crippen LogP contribution in [-0.4, -0.2) is 18.1 Å². The van der Waals surface area contributed by atoms with Crippen molar-refractivity contribution in [1.82, 2.24) is 10.3 Å². The largest absolute Gasteiger partial charge is 0.378 e. The molecule has 0 spiro atoms. The Balaban J connectivity index is 2.85. The van der Waals surface area contributed by atoms with Crippen LogP contribution in [0.3, 0.4) is 0 Å². The first-order chi connectivity index (χ1) is 8.62. The molecule has 0 aliphatic carbocycles. The Morgan fingerprint density at radius 1 is 1.28 bits per heavy atom. The molecule has 1 aromatic rings. The van der Waals surface area contributed by atoms with E-state index < -0.39 is 0 Å². The SMILES string of the molecule is CCC(CC)c1nc(COC)c(CNC(C)C)s1. The van der Waals surface area contributed by atoms with Crippen LogP contribution in [0.1, 0.15) is 62.0 Å². The van der Waals surface area contributed by atoms with Gasteiger partial charge < -0.3 is 10.1 Å². The topological polar surface area (TPSA) is 34.1 Å². The normalized spacial score (nSPS) is 11.7. The minimum absolute atomic E-state index is 0.499. The third-order valence-electron chi connectivity index (χ3n) is 3.08. The Kier molecular flexibility index (Phi) is 6.82. The molecule has 0 fully saturated rings. The Labute approximate surface area is 115 Å². The lowest BCUT2D eigenvalue weighted by atomic mass is 10.1. The highest BCUT2D eigenvalue weighted by atomic mass is 32.1. The maximum Gasteiger partial charge on any atom is 0.0963 e. The number of ether oxygens (including phenoxy) is 1. The molecule has 0 radical (unpaired) electrons. The summed E-state index contributed by atoms with van der Waals surface area (Å²) in [6, 6.07) is 0.499. The Bertz CT molecular complexity index is 346. The lowest BCUT2D eigenvalue weighted by Crippen LogP contribution is -2.21. The van der Waals surface area contributed by atoms with Crippen LogP contribution in [-0.2, 0) is 17.9 Å². The highest BCUT2D eigenvalue weighted by molar-refractivity contribution is 7.11. The van der Waals surface area contributed by atoms with Crippen LogP contribution in [0.25, 0.3) is 0 Å². The quantitative estimate of drug-likeness (QED) is 0.782. The van der Waals surface area contributed by atoms with Gasteiger partial charge in [-0.1, -0.05) is 27.7 Å². The van der Waals surface area contributed by atoms with Gasteiger partial charge in [0.2, 0.25) is 0 Å². The molecule has 1 heterocycles. The molecule has 18 heavy (non-hydrogen) atoms.